The minimum absolute atomic E-state index is 0.0224. The van der Waals surface area contributed by atoms with Gasteiger partial charge in [-0.05, 0) is 70.2 Å². The molecule has 0 fully saturated rings. The summed E-state index contributed by atoms with van der Waals surface area (Å²) in [7, 11) is 0. The lowest BCUT2D eigenvalue weighted by Gasteiger charge is -2.40. The van der Waals surface area contributed by atoms with Crippen molar-refractivity contribution in [1.29, 1.82) is 0 Å². The van der Waals surface area contributed by atoms with Crippen LogP contribution in [0.2, 0.25) is 0 Å². The van der Waals surface area contributed by atoms with E-state index in [1.54, 1.807) is 0 Å². The number of carboxylic acids is 2. The predicted molar refractivity (Wildman–Crippen MR) is 128 cm³/mol. The van der Waals surface area contributed by atoms with Crippen molar-refractivity contribution in [1.82, 2.24) is 0 Å². The molecular weight excluding hydrogens is 400 g/mol. The molecule has 0 bridgehead atoms. The number of benzene rings is 3. The minimum Gasteiger partial charge on any atom is -0.481 e. The Bertz CT molecular complexity index is 1110. The van der Waals surface area contributed by atoms with Crippen LogP contribution in [0, 0.1) is 0 Å². The molecule has 0 saturated heterocycles. The van der Waals surface area contributed by atoms with Gasteiger partial charge in [-0.15, -0.1) is 0 Å². The van der Waals surface area contributed by atoms with Gasteiger partial charge < -0.3 is 10.2 Å². The third kappa shape index (κ3) is 4.64. The van der Waals surface area contributed by atoms with E-state index in [1.165, 1.54) is 32.7 Å². The monoisotopic (exact) mass is 432 g/mol. The quantitative estimate of drug-likeness (QED) is 0.242. The van der Waals surface area contributed by atoms with E-state index in [0.717, 1.165) is 57.8 Å². The number of aliphatic carboxylic acids is 2. The lowest BCUT2D eigenvalue weighted by Crippen LogP contribution is -2.32. The normalized spacial score (nSPS) is 14.2. The summed E-state index contributed by atoms with van der Waals surface area (Å²) in [5.41, 5.74) is 2.85. The molecule has 4 rings (SSSR count). The summed E-state index contributed by atoms with van der Waals surface area (Å²) >= 11 is 0. The smallest absolute Gasteiger partial charge is 0.303 e. The van der Waals surface area contributed by atoms with Gasteiger partial charge in [0.15, 0.2) is 0 Å². The van der Waals surface area contributed by atoms with Crippen molar-refractivity contribution in [3.8, 4) is 0 Å². The first-order valence-electron chi connectivity index (χ1n) is 11.9. The number of unbranched alkanes of at least 4 members (excludes halogenated alkanes) is 4. The molecule has 1 aliphatic carbocycles. The second-order valence-electron chi connectivity index (χ2n) is 9.35. The van der Waals surface area contributed by atoms with Gasteiger partial charge in [0.05, 0.1) is 0 Å². The van der Waals surface area contributed by atoms with Crippen molar-refractivity contribution in [2.75, 3.05) is 0 Å². The minimum atomic E-state index is -0.721. The molecule has 3 aromatic rings. The average molecular weight is 433 g/mol. The average Bonchev–Trinajstić information content (AvgIpc) is 2.77. The Morgan fingerprint density at radius 3 is 1.84 bits per heavy atom. The maximum absolute atomic E-state index is 10.9. The Morgan fingerprint density at radius 2 is 1.25 bits per heavy atom. The zero-order valence-electron chi connectivity index (χ0n) is 18.6. The number of hydrogen-bond donors (Lipinski definition) is 2. The van der Waals surface area contributed by atoms with Gasteiger partial charge in [0.2, 0.25) is 0 Å². The summed E-state index contributed by atoms with van der Waals surface area (Å²) < 4.78 is 0. The number of hydrogen-bond acceptors (Lipinski definition) is 2. The highest BCUT2D eigenvalue weighted by Gasteiger charge is 2.36. The van der Waals surface area contributed by atoms with E-state index in [0.29, 0.717) is 0 Å². The van der Waals surface area contributed by atoms with Crippen LogP contribution in [0.25, 0.3) is 21.5 Å². The second-order valence-corrected chi connectivity index (χ2v) is 9.35. The molecule has 0 atom stereocenters. The molecule has 0 aromatic heterocycles. The van der Waals surface area contributed by atoms with Crippen LogP contribution in [0.1, 0.15) is 75.3 Å². The summed E-state index contributed by atoms with van der Waals surface area (Å²) in [5, 5.41) is 23.3. The fraction of sp³-hybridized carbons (Fsp3) is 0.429. The van der Waals surface area contributed by atoms with E-state index in [1.807, 2.05) is 0 Å². The highest BCUT2D eigenvalue weighted by molar-refractivity contribution is 6.12. The molecule has 0 saturated carbocycles. The third-order valence-electron chi connectivity index (χ3n) is 7.16. The lowest BCUT2D eigenvalue weighted by atomic mass is 9.64. The molecule has 168 valence electrons. The largest absolute Gasteiger partial charge is 0.481 e. The maximum Gasteiger partial charge on any atom is 0.303 e. The first-order valence-corrected chi connectivity index (χ1v) is 11.9. The van der Waals surface area contributed by atoms with Crippen molar-refractivity contribution in [3.05, 3.63) is 59.7 Å². The summed E-state index contributed by atoms with van der Waals surface area (Å²) in [6.45, 7) is 0. The van der Waals surface area contributed by atoms with Crippen LogP contribution < -0.4 is 0 Å². The first-order chi connectivity index (χ1) is 15.5. The van der Waals surface area contributed by atoms with E-state index in [9.17, 15) is 9.59 Å². The zero-order chi connectivity index (χ0) is 22.6. The highest BCUT2D eigenvalue weighted by Crippen LogP contribution is 2.48. The van der Waals surface area contributed by atoms with Crippen molar-refractivity contribution in [2.45, 2.75) is 76.0 Å². The number of carboxylic acid groups (broad SMARTS) is 2. The topological polar surface area (TPSA) is 74.6 Å². The molecule has 2 N–H and O–H groups in total. The zero-order valence-corrected chi connectivity index (χ0v) is 18.6. The van der Waals surface area contributed by atoms with Gasteiger partial charge in [-0.1, -0.05) is 74.2 Å². The van der Waals surface area contributed by atoms with Gasteiger partial charge >= 0.3 is 11.9 Å². The lowest BCUT2D eigenvalue weighted by molar-refractivity contribution is -0.138. The van der Waals surface area contributed by atoms with Crippen LogP contribution >= 0.6 is 0 Å². The van der Waals surface area contributed by atoms with Crippen LogP contribution in [0.15, 0.2) is 48.5 Å². The molecule has 32 heavy (non-hydrogen) atoms. The van der Waals surface area contributed by atoms with Crippen LogP contribution in [-0.2, 0) is 21.4 Å². The Morgan fingerprint density at radius 1 is 0.688 bits per heavy atom. The van der Waals surface area contributed by atoms with Crippen molar-refractivity contribution < 1.29 is 19.8 Å². The van der Waals surface area contributed by atoms with Gasteiger partial charge in [-0.3, -0.25) is 9.59 Å². The molecule has 0 heterocycles. The molecular formula is C28H32O4. The first kappa shape index (κ1) is 22.3. The Balaban J connectivity index is 1.65. The Hall–Kier alpha value is -2.88. The van der Waals surface area contributed by atoms with Gasteiger partial charge in [0.1, 0.15) is 0 Å². The van der Waals surface area contributed by atoms with Gasteiger partial charge in [0, 0.05) is 12.8 Å². The molecule has 3 aromatic carbocycles. The Kier molecular flexibility index (Phi) is 6.78. The molecule has 0 aliphatic heterocycles. The van der Waals surface area contributed by atoms with Crippen LogP contribution in [0.4, 0.5) is 0 Å². The summed E-state index contributed by atoms with van der Waals surface area (Å²) in [6.07, 6.45) is 8.86. The number of carbonyl (C=O) groups is 2. The SMILES string of the molecule is O=C(O)CCCCCC1(CCCCCC(=O)O)Cc2cccc3ccc4cccc1c4c23. The molecule has 4 nitrogen and oxygen atoms in total. The van der Waals surface area contributed by atoms with E-state index in [4.69, 9.17) is 10.2 Å². The van der Waals surface area contributed by atoms with E-state index >= 15 is 0 Å². The fourth-order valence-electron chi connectivity index (χ4n) is 5.68. The number of rotatable bonds is 12. The second kappa shape index (κ2) is 9.72. The maximum atomic E-state index is 10.9. The van der Waals surface area contributed by atoms with Crippen molar-refractivity contribution in [3.63, 3.8) is 0 Å². The summed E-state index contributed by atoms with van der Waals surface area (Å²) in [5.74, 6) is -1.44. The molecule has 1 aliphatic rings. The van der Waals surface area contributed by atoms with E-state index in [-0.39, 0.29) is 18.3 Å². The Labute approximate surface area is 189 Å². The summed E-state index contributed by atoms with van der Waals surface area (Å²) in [4.78, 5) is 21.8. The van der Waals surface area contributed by atoms with E-state index in [2.05, 4.69) is 48.5 Å². The molecule has 4 heteroatoms. The predicted octanol–water partition coefficient (Wildman–Crippen LogP) is 6.86. The molecule has 0 spiro atoms. The van der Waals surface area contributed by atoms with Gasteiger partial charge in [-0.25, -0.2) is 0 Å². The molecule has 0 radical (unpaired) electrons. The van der Waals surface area contributed by atoms with Crippen LogP contribution in [-0.4, -0.2) is 22.2 Å². The molecule has 0 amide bonds. The van der Waals surface area contributed by atoms with Crippen molar-refractivity contribution >= 4 is 33.5 Å². The van der Waals surface area contributed by atoms with E-state index < -0.39 is 11.9 Å². The van der Waals surface area contributed by atoms with Crippen LogP contribution in [0.3, 0.4) is 0 Å². The van der Waals surface area contributed by atoms with Gasteiger partial charge in [-0.2, -0.15) is 0 Å². The van der Waals surface area contributed by atoms with Crippen LogP contribution in [0.5, 0.6) is 0 Å². The third-order valence-corrected chi connectivity index (χ3v) is 7.16. The molecule has 0 unspecified atom stereocenters. The van der Waals surface area contributed by atoms with Gasteiger partial charge in [0.25, 0.3) is 0 Å². The highest BCUT2D eigenvalue weighted by atomic mass is 16.4. The standard InChI is InChI=1S/C28H32O4/c29-24(30)13-3-1-5-17-28(18-6-2-4-14-25(31)32)19-22-11-7-9-20-15-16-21-10-8-12-23(28)27(21)26(20)22/h7-12,15-16H,1-6,13-14,17-19H2,(H,29,30)(H,31,32). The fourth-order valence-corrected chi connectivity index (χ4v) is 5.68. The summed E-state index contributed by atoms with van der Waals surface area (Å²) in [6, 6.07) is 17.7. The van der Waals surface area contributed by atoms with Crippen molar-refractivity contribution in [2.24, 2.45) is 0 Å².